The normalized spacial score (nSPS) is 17.2. The highest BCUT2D eigenvalue weighted by molar-refractivity contribution is 5.36. The van der Waals surface area contributed by atoms with Crippen LogP contribution in [0.15, 0.2) is 23.8 Å². The Balaban J connectivity index is 2.76. The first-order chi connectivity index (χ1) is 5.75. The van der Waals surface area contributed by atoms with Crippen molar-refractivity contribution in [1.82, 2.24) is 4.90 Å². The number of hydrogen-bond acceptors (Lipinski definition) is 1. The molecule has 1 atom stereocenters. The Hall–Kier alpha value is -1.00. The van der Waals surface area contributed by atoms with Crippen LogP contribution in [0.1, 0.15) is 13.3 Å². The molecule has 1 rings (SSSR count). The third-order valence-corrected chi connectivity index (χ3v) is 1.91. The predicted molar refractivity (Wildman–Crippen MR) is 52.8 cm³/mol. The van der Waals surface area contributed by atoms with Gasteiger partial charge in [-0.25, -0.2) is 0 Å². The molecule has 1 heteroatoms. The van der Waals surface area contributed by atoms with E-state index in [2.05, 4.69) is 49.1 Å². The van der Waals surface area contributed by atoms with Gasteiger partial charge >= 0.3 is 0 Å². The second-order valence-corrected chi connectivity index (χ2v) is 3.10. The van der Waals surface area contributed by atoms with Crippen molar-refractivity contribution in [3.05, 3.63) is 23.8 Å². The van der Waals surface area contributed by atoms with Crippen LogP contribution in [0.5, 0.6) is 0 Å². The monoisotopic (exact) mass is 161 g/mol. The van der Waals surface area contributed by atoms with Crippen LogP contribution in [0, 0.1) is 11.8 Å². The average molecular weight is 161 g/mol. The molecule has 0 spiro atoms. The van der Waals surface area contributed by atoms with E-state index in [-0.39, 0.29) is 6.04 Å². The summed E-state index contributed by atoms with van der Waals surface area (Å²) in [7, 11) is 4.12. The maximum absolute atomic E-state index is 3.18. The van der Waals surface area contributed by atoms with E-state index in [1.807, 2.05) is 6.92 Å². The first kappa shape index (κ1) is 9.09. The number of hydrogen-bond donors (Lipinski definition) is 0. The van der Waals surface area contributed by atoms with E-state index in [0.717, 1.165) is 6.42 Å². The molecule has 0 aromatic rings. The van der Waals surface area contributed by atoms with Gasteiger partial charge in [-0.05, 0) is 33.0 Å². The lowest BCUT2D eigenvalue weighted by atomic mass is 10.1. The van der Waals surface area contributed by atoms with Crippen molar-refractivity contribution in [3.63, 3.8) is 0 Å². The van der Waals surface area contributed by atoms with Gasteiger partial charge in [-0.2, -0.15) is 0 Å². The third kappa shape index (κ3) is 1.99. The summed E-state index contributed by atoms with van der Waals surface area (Å²) in [6.45, 7) is 1.88. The summed E-state index contributed by atoms with van der Waals surface area (Å²) < 4.78 is 0. The van der Waals surface area contributed by atoms with E-state index in [4.69, 9.17) is 0 Å². The first-order valence-corrected chi connectivity index (χ1v) is 4.21. The number of rotatable bonds is 2. The molecular weight excluding hydrogens is 146 g/mol. The molecule has 0 N–H and O–H groups in total. The van der Waals surface area contributed by atoms with Crippen LogP contribution < -0.4 is 0 Å². The molecule has 0 aliphatic heterocycles. The van der Waals surface area contributed by atoms with E-state index < -0.39 is 0 Å². The van der Waals surface area contributed by atoms with Crippen molar-refractivity contribution in [1.29, 1.82) is 0 Å². The Kier molecular flexibility index (Phi) is 3.13. The molecule has 0 aromatic carbocycles. The van der Waals surface area contributed by atoms with Crippen molar-refractivity contribution < 1.29 is 0 Å². The second kappa shape index (κ2) is 4.13. The molecule has 0 aromatic heterocycles. The predicted octanol–water partition coefficient (Wildman–Crippen LogP) is 1.83. The van der Waals surface area contributed by atoms with Crippen molar-refractivity contribution in [2.24, 2.45) is 0 Å². The summed E-state index contributed by atoms with van der Waals surface area (Å²) in [5, 5.41) is 0. The van der Waals surface area contributed by atoms with Gasteiger partial charge in [0.25, 0.3) is 0 Å². The van der Waals surface area contributed by atoms with Crippen LogP contribution in [0.25, 0.3) is 0 Å². The summed E-state index contributed by atoms with van der Waals surface area (Å²) in [6.07, 6.45) is 7.62. The smallest absolute Gasteiger partial charge is 0.0962 e. The fourth-order valence-electron chi connectivity index (χ4n) is 1.33. The van der Waals surface area contributed by atoms with Gasteiger partial charge in [0.05, 0.1) is 6.04 Å². The van der Waals surface area contributed by atoms with Gasteiger partial charge in [0.2, 0.25) is 0 Å². The number of allylic oxidation sites excluding steroid dienone is 2. The highest BCUT2D eigenvalue weighted by atomic mass is 15.1. The molecule has 0 heterocycles. The fourth-order valence-corrected chi connectivity index (χ4v) is 1.33. The van der Waals surface area contributed by atoms with Gasteiger partial charge in [0, 0.05) is 0 Å². The van der Waals surface area contributed by atoms with E-state index in [9.17, 15) is 0 Å². The Morgan fingerprint density at radius 3 is 2.67 bits per heavy atom. The lowest BCUT2D eigenvalue weighted by Gasteiger charge is -2.18. The lowest BCUT2D eigenvalue weighted by Crippen LogP contribution is -2.27. The van der Waals surface area contributed by atoms with E-state index >= 15 is 0 Å². The Morgan fingerprint density at radius 2 is 2.25 bits per heavy atom. The van der Waals surface area contributed by atoms with Crippen LogP contribution in [0.4, 0.5) is 0 Å². The molecule has 0 saturated carbocycles. The second-order valence-electron chi connectivity index (χ2n) is 3.10. The molecule has 0 saturated heterocycles. The lowest BCUT2D eigenvalue weighted by molar-refractivity contribution is 0.392. The van der Waals surface area contributed by atoms with E-state index in [0.29, 0.717) is 0 Å². The molecule has 1 aliphatic carbocycles. The van der Waals surface area contributed by atoms with Gasteiger partial charge in [-0.1, -0.05) is 24.1 Å². The van der Waals surface area contributed by atoms with Gasteiger partial charge in [0.15, 0.2) is 0 Å². The minimum atomic E-state index is 0.272. The molecule has 1 aliphatic rings. The molecule has 64 valence electrons. The van der Waals surface area contributed by atoms with E-state index in [1.54, 1.807) is 0 Å². The van der Waals surface area contributed by atoms with Crippen LogP contribution in [-0.4, -0.2) is 25.0 Å². The molecule has 1 nitrogen and oxygen atoms in total. The van der Waals surface area contributed by atoms with Gasteiger partial charge < -0.3 is 0 Å². The molecule has 0 amide bonds. The Labute approximate surface area is 74.8 Å². The van der Waals surface area contributed by atoms with Crippen LogP contribution >= 0.6 is 0 Å². The molecule has 0 fully saturated rings. The Morgan fingerprint density at radius 1 is 1.50 bits per heavy atom. The van der Waals surface area contributed by atoms with Crippen molar-refractivity contribution in [2.75, 3.05) is 14.1 Å². The zero-order chi connectivity index (χ0) is 8.97. The van der Waals surface area contributed by atoms with Gasteiger partial charge in [0.1, 0.15) is 0 Å². The maximum atomic E-state index is 3.18. The average Bonchev–Trinajstić information content (AvgIpc) is 2.51. The summed E-state index contributed by atoms with van der Waals surface area (Å²) in [6, 6.07) is 0.272. The minimum Gasteiger partial charge on any atom is -0.292 e. The summed E-state index contributed by atoms with van der Waals surface area (Å²) in [4.78, 5) is 2.14. The van der Waals surface area contributed by atoms with Gasteiger partial charge in [-0.3, -0.25) is 4.90 Å². The molecular formula is C11H15N. The fraction of sp³-hybridized carbons (Fsp3) is 0.455. The highest BCUT2D eigenvalue weighted by Crippen LogP contribution is 2.15. The number of nitrogens with zero attached hydrogens (tertiary/aromatic N) is 1. The largest absolute Gasteiger partial charge is 0.292 e. The van der Waals surface area contributed by atoms with Gasteiger partial charge in [-0.15, -0.1) is 5.92 Å². The van der Waals surface area contributed by atoms with E-state index in [1.165, 1.54) is 5.57 Å². The zero-order valence-corrected chi connectivity index (χ0v) is 7.96. The Bertz CT molecular complexity index is 260. The third-order valence-electron chi connectivity index (χ3n) is 1.91. The maximum Gasteiger partial charge on any atom is 0.0962 e. The van der Waals surface area contributed by atoms with Crippen molar-refractivity contribution in [3.8, 4) is 11.8 Å². The van der Waals surface area contributed by atoms with Crippen molar-refractivity contribution >= 4 is 0 Å². The first-order valence-electron chi connectivity index (χ1n) is 4.21. The summed E-state index contributed by atoms with van der Waals surface area (Å²) in [5.41, 5.74) is 1.33. The molecule has 1 unspecified atom stereocenters. The summed E-state index contributed by atoms with van der Waals surface area (Å²) >= 11 is 0. The SMILES string of the molecule is CC#CC(C1=CCC=C1)N(C)C. The quantitative estimate of drug-likeness (QED) is 0.558. The van der Waals surface area contributed by atoms with Crippen molar-refractivity contribution in [2.45, 2.75) is 19.4 Å². The van der Waals surface area contributed by atoms with Crippen LogP contribution in [0.3, 0.4) is 0 Å². The topological polar surface area (TPSA) is 3.24 Å². The number of likely N-dealkylation sites (N-methyl/N-ethyl adjacent to an activating group) is 1. The molecule has 12 heavy (non-hydrogen) atoms. The molecule has 0 radical (unpaired) electrons. The highest BCUT2D eigenvalue weighted by Gasteiger charge is 2.12. The summed E-state index contributed by atoms with van der Waals surface area (Å²) in [5.74, 6) is 6.14. The van der Waals surface area contributed by atoms with Crippen LogP contribution in [-0.2, 0) is 0 Å². The zero-order valence-electron chi connectivity index (χ0n) is 7.96. The van der Waals surface area contributed by atoms with Crippen LogP contribution in [0.2, 0.25) is 0 Å². The minimum absolute atomic E-state index is 0.272. The standard InChI is InChI=1S/C11H15N/c1-4-7-11(12(2)3)10-8-5-6-9-10/h5,8-9,11H,6H2,1-3H3. The molecule has 0 bridgehead atoms.